The fraction of sp³-hybridized carbons (Fsp3) is 0.500. The molecule has 0 radical (unpaired) electrons. The van der Waals surface area contributed by atoms with Gasteiger partial charge in [0.1, 0.15) is 0 Å². The van der Waals surface area contributed by atoms with Crippen LogP contribution in [0.3, 0.4) is 0 Å². The third-order valence-electron chi connectivity index (χ3n) is 2.48. The largest absolute Gasteiger partial charge is 0.478 e. The monoisotopic (exact) mass is 344 g/mol. The second kappa shape index (κ2) is 15.3. The van der Waals surface area contributed by atoms with E-state index in [1.54, 1.807) is 0 Å². The third-order valence-corrected chi connectivity index (χ3v) is 2.48. The summed E-state index contributed by atoms with van der Waals surface area (Å²) < 4.78 is 4.64. The van der Waals surface area contributed by atoms with Crippen LogP contribution in [0.5, 0.6) is 0 Å². The fourth-order valence-corrected chi connectivity index (χ4v) is 1.26. The number of unbranched alkanes of at least 4 members (excludes halogenated alkanes) is 2. The van der Waals surface area contributed by atoms with Gasteiger partial charge in [-0.3, -0.25) is 0 Å². The molecule has 0 fully saturated rings. The predicted molar refractivity (Wildman–Crippen MR) is 85.5 cm³/mol. The molecule has 0 unspecified atom stereocenters. The normalized spacial score (nSPS) is 10.7. The van der Waals surface area contributed by atoms with E-state index in [-0.39, 0.29) is 5.57 Å². The Kier molecular flexibility index (Phi) is 15.0. The zero-order valence-electron chi connectivity index (χ0n) is 13.9. The number of carbonyl (C=O) groups is 4. The van der Waals surface area contributed by atoms with Crippen molar-refractivity contribution < 1.29 is 39.2 Å². The molecule has 0 spiro atoms. The highest BCUT2D eigenvalue weighted by molar-refractivity contribution is 5.94. The molecule has 0 bridgehead atoms. The zero-order valence-corrected chi connectivity index (χ0v) is 13.9. The van der Waals surface area contributed by atoms with Crippen LogP contribution >= 0.6 is 0 Å². The first-order chi connectivity index (χ1) is 11.2. The molecule has 8 nitrogen and oxygen atoms in total. The highest BCUT2D eigenvalue weighted by Crippen LogP contribution is 2.06. The van der Waals surface area contributed by atoms with Crippen molar-refractivity contribution in [1.82, 2.24) is 0 Å². The maximum Gasteiger partial charge on any atom is 0.331 e. The number of aliphatic carboxylic acids is 3. The number of hydrogen-bond donors (Lipinski definition) is 3. The van der Waals surface area contributed by atoms with Gasteiger partial charge in [-0.05, 0) is 19.3 Å². The lowest BCUT2D eigenvalue weighted by atomic mass is 10.1. The van der Waals surface area contributed by atoms with Crippen molar-refractivity contribution >= 4 is 23.9 Å². The standard InChI is InChI=1S/2C8H12O4/c1-2-3-6-12-8(11)5-4-7(9)10;1-2-3-4-6(8(11)12)5-7(9)10/h4-5H,2-3,6H2,1H3,(H,9,10);5H,2-4H2,1H3,(H,9,10)(H,11,12)/b5-4-;6-5-. The summed E-state index contributed by atoms with van der Waals surface area (Å²) in [5, 5.41) is 24.9. The summed E-state index contributed by atoms with van der Waals surface area (Å²) in [5.74, 6) is -4.11. The summed E-state index contributed by atoms with van der Waals surface area (Å²) in [7, 11) is 0. The van der Waals surface area contributed by atoms with E-state index >= 15 is 0 Å². The molecule has 0 aromatic heterocycles. The maximum atomic E-state index is 10.6. The summed E-state index contributed by atoms with van der Waals surface area (Å²) in [6.07, 6.45) is 6.01. The number of esters is 1. The van der Waals surface area contributed by atoms with Crippen molar-refractivity contribution in [1.29, 1.82) is 0 Å². The van der Waals surface area contributed by atoms with Gasteiger partial charge >= 0.3 is 23.9 Å². The molecule has 3 N–H and O–H groups in total. The van der Waals surface area contributed by atoms with Crippen LogP contribution < -0.4 is 0 Å². The highest BCUT2D eigenvalue weighted by atomic mass is 16.5. The van der Waals surface area contributed by atoms with Gasteiger partial charge in [0, 0.05) is 23.8 Å². The van der Waals surface area contributed by atoms with Gasteiger partial charge in [0.2, 0.25) is 0 Å². The first kappa shape index (κ1) is 23.6. The number of carboxylic acid groups (broad SMARTS) is 3. The van der Waals surface area contributed by atoms with Gasteiger partial charge in [-0.2, -0.15) is 0 Å². The molecule has 0 aliphatic carbocycles. The van der Waals surface area contributed by atoms with E-state index in [0.717, 1.165) is 37.5 Å². The second-order valence-electron chi connectivity index (χ2n) is 4.61. The fourth-order valence-electron chi connectivity index (χ4n) is 1.26. The van der Waals surface area contributed by atoms with E-state index in [0.29, 0.717) is 19.4 Å². The van der Waals surface area contributed by atoms with Crippen molar-refractivity contribution in [3.8, 4) is 0 Å². The van der Waals surface area contributed by atoms with E-state index in [4.69, 9.17) is 15.3 Å². The Morgan fingerprint density at radius 2 is 1.46 bits per heavy atom. The molecule has 0 atom stereocenters. The highest BCUT2D eigenvalue weighted by Gasteiger charge is 2.07. The van der Waals surface area contributed by atoms with Crippen LogP contribution in [0, 0.1) is 0 Å². The molecule has 0 aliphatic rings. The van der Waals surface area contributed by atoms with Gasteiger partial charge in [0.25, 0.3) is 0 Å². The second-order valence-corrected chi connectivity index (χ2v) is 4.61. The molecule has 0 aromatic rings. The van der Waals surface area contributed by atoms with Gasteiger partial charge in [-0.15, -0.1) is 0 Å². The first-order valence-corrected chi connectivity index (χ1v) is 7.49. The zero-order chi connectivity index (χ0) is 19.0. The minimum absolute atomic E-state index is 0.0376. The summed E-state index contributed by atoms with van der Waals surface area (Å²) in [5.41, 5.74) is -0.0376. The summed E-state index contributed by atoms with van der Waals surface area (Å²) in [6, 6.07) is 0. The molecular formula is C16H24O8. The Morgan fingerprint density at radius 3 is 1.88 bits per heavy atom. The number of carboxylic acids is 3. The average Bonchev–Trinajstić information content (AvgIpc) is 2.49. The van der Waals surface area contributed by atoms with E-state index in [9.17, 15) is 19.2 Å². The topological polar surface area (TPSA) is 138 Å². The number of carbonyl (C=O) groups excluding carboxylic acids is 1. The summed E-state index contributed by atoms with van der Waals surface area (Å²) in [6.45, 7) is 4.24. The molecule has 0 aliphatic heterocycles. The Hall–Kier alpha value is -2.64. The van der Waals surface area contributed by atoms with Gasteiger partial charge < -0.3 is 20.1 Å². The Balaban J connectivity index is 0. The van der Waals surface area contributed by atoms with Crippen molar-refractivity contribution in [2.75, 3.05) is 6.61 Å². The van der Waals surface area contributed by atoms with Gasteiger partial charge in [-0.1, -0.05) is 26.7 Å². The van der Waals surface area contributed by atoms with Crippen LogP contribution in [0.1, 0.15) is 46.0 Å². The molecule has 0 rings (SSSR count). The van der Waals surface area contributed by atoms with E-state index in [2.05, 4.69) is 4.74 Å². The smallest absolute Gasteiger partial charge is 0.331 e. The Labute approximate surface area is 140 Å². The molecule has 24 heavy (non-hydrogen) atoms. The Morgan fingerprint density at radius 1 is 0.875 bits per heavy atom. The van der Waals surface area contributed by atoms with Crippen LogP contribution in [-0.2, 0) is 23.9 Å². The minimum Gasteiger partial charge on any atom is -0.478 e. The lowest BCUT2D eigenvalue weighted by Crippen LogP contribution is -2.03. The van der Waals surface area contributed by atoms with Crippen molar-refractivity contribution in [2.24, 2.45) is 0 Å². The van der Waals surface area contributed by atoms with E-state index < -0.39 is 23.9 Å². The van der Waals surface area contributed by atoms with E-state index in [1.807, 2.05) is 13.8 Å². The minimum atomic E-state index is -1.21. The molecule has 8 heteroatoms. The van der Waals surface area contributed by atoms with Crippen molar-refractivity contribution in [3.63, 3.8) is 0 Å². The maximum absolute atomic E-state index is 10.6. The molecule has 0 saturated carbocycles. The van der Waals surface area contributed by atoms with Crippen LogP contribution in [0.15, 0.2) is 23.8 Å². The Bertz CT molecular complexity index is 474. The lowest BCUT2D eigenvalue weighted by molar-refractivity contribution is -0.138. The van der Waals surface area contributed by atoms with Crippen LogP contribution in [0.2, 0.25) is 0 Å². The quantitative estimate of drug-likeness (QED) is 0.311. The molecular weight excluding hydrogens is 320 g/mol. The molecule has 0 saturated heterocycles. The van der Waals surface area contributed by atoms with Gasteiger partial charge in [-0.25, -0.2) is 19.2 Å². The van der Waals surface area contributed by atoms with Crippen LogP contribution in [0.4, 0.5) is 0 Å². The van der Waals surface area contributed by atoms with Crippen LogP contribution in [-0.4, -0.2) is 45.8 Å². The summed E-state index contributed by atoms with van der Waals surface area (Å²) >= 11 is 0. The summed E-state index contributed by atoms with van der Waals surface area (Å²) in [4.78, 5) is 41.1. The van der Waals surface area contributed by atoms with Gasteiger partial charge in [0.15, 0.2) is 0 Å². The molecule has 0 aromatic carbocycles. The molecule has 0 heterocycles. The van der Waals surface area contributed by atoms with Crippen molar-refractivity contribution in [2.45, 2.75) is 46.0 Å². The van der Waals surface area contributed by atoms with Crippen LogP contribution in [0.25, 0.3) is 0 Å². The molecule has 0 amide bonds. The number of hydrogen-bond acceptors (Lipinski definition) is 5. The average molecular weight is 344 g/mol. The van der Waals surface area contributed by atoms with E-state index in [1.165, 1.54) is 0 Å². The SMILES string of the molecule is CCCC/C(=C/C(=O)O)C(=O)O.CCCCOC(=O)/C=C\C(=O)O. The molecule has 136 valence electrons. The third kappa shape index (κ3) is 17.4. The predicted octanol–water partition coefficient (Wildman–Crippen LogP) is 2.24. The number of ether oxygens (including phenoxy) is 1. The lowest BCUT2D eigenvalue weighted by Gasteiger charge is -1.97. The number of rotatable bonds is 10. The first-order valence-electron chi connectivity index (χ1n) is 7.49. The van der Waals surface area contributed by atoms with Crippen molar-refractivity contribution in [3.05, 3.63) is 23.8 Å². The van der Waals surface area contributed by atoms with Gasteiger partial charge in [0.05, 0.1) is 6.61 Å².